The predicted molar refractivity (Wildman–Crippen MR) is 95.9 cm³/mol. The lowest BCUT2D eigenvalue weighted by Crippen LogP contribution is -2.40. The zero-order chi connectivity index (χ0) is 18.6. The fraction of sp³-hybridized carbons (Fsp3) is 0.294. The van der Waals surface area contributed by atoms with E-state index in [4.69, 9.17) is 9.47 Å². The molecule has 2 aromatic rings. The molecule has 0 saturated heterocycles. The number of sulfone groups is 1. The van der Waals surface area contributed by atoms with Crippen LogP contribution >= 0.6 is 15.9 Å². The summed E-state index contributed by atoms with van der Waals surface area (Å²) in [5.74, 6) is -2.29. The summed E-state index contributed by atoms with van der Waals surface area (Å²) in [5.41, 5.74) is 0. The van der Waals surface area contributed by atoms with Gasteiger partial charge in [-0.25, -0.2) is 18.0 Å². The highest BCUT2D eigenvalue weighted by atomic mass is 79.9. The average Bonchev–Trinajstić information content (AvgIpc) is 2.55. The monoisotopic (exact) mass is 428 g/mol. The Kier molecular flexibility index (Phi) is 6.18. The van der Waals surface area contributed by atoms with Crippen molar-refractivity contribution >= 4 is 48.5 Å². The van der Waals surface area contributed by atoms with Crippen molar-refractivity contribution in [1.82, 2.24) is 0 Å². The molecule has 0 fully saturated rings. The van der Waals surface area contributed by atoms with Crippen molar-refractivity contribution < 1.29 is 27.5 Å². The van der Waals surface area contributed by atoms with Crippen molar-refractivity contribution in [3.05, 3.63) is 40.9 Å². The molecular weight excluding hydrogens is 412 g/mol. The quantitative estimate of drug-likeness (QED) is 0.519. The summed E-state index contributed by atoms with van der Waals surface area (Å²) < 4.78 is 36.4. The van der Waals surface area contributed by atoms with Gasteiger partial charge in [-0.05, 0) is 31.4 Å². The van der Waals surface area contributed by atoms with Crippen LogP contribution in [0.4, 0.5) is 0 Å². The zero-order valence-corrected chi connectivity index (χ0v) is 16.1. The van der Waals surface area contributed by atoms with Crippen LogP contribution in [0.25, 0.3) is 10.8 Å². The number of halogens is 1. The third-order valence-electron chi connectivity index (χ3n) is 3.45. The number of rotatable bonds is 6. The maximum absolute atomic E-state index is 13.1. The molecular formula is C17H17BrO6S. The van der Waals surface area contributed by atoms with E-state index in [0.29, 0.717) is 15.2 Å². The molecule has 2 aromatic carbocycles. The third kappa shape index (κ3) is 3.85. The van der Waals surface area contributed by atoms with Crippen LogP contribution in [0.2, 0.25) is 0 Å². The molecule has 0 spiro atoms. The molecule has 25 heavy (non-hydrogen) atoms. The number of ether oxygens (including phenoxy) is 2. The molecule has 8 heteroatoms. The van der Waals surface area contributed by atoms with Gasteiger partial charge in [0.1, 0.15) is 0 Å². The Balaban J connectivity index is 2.67. The van der Waals surface area contributed by atoms with Crippen molar-refractivity contribution in [1.29, 1.82) is 0 Å². The standard InChI is InChI=1S/C17H17BrO6S/c1-3-23-16(19)15(17(20)24-4-2)25(21,22)14-10-9-13(18)11-7-5-6-8-12(11)14/h5-10,15H,3-4H2,1-2H3. The zero-order valence-electron chi connectivity index (χ0n) is 13.7. The highest BCUT2D eigenvalue weighted by Gasteiger charge is 2.43. The molecule has 0 N–H and O–H groups in total. The minimum Gasteiger partial charge on any atom is -0.465 e. The van der Waals surface area contributed by atoms with E-state index in [0.717, 1.165) is 0 Å². The van der Waals surface area contributed by atoms with E-state index in [2.05, 4.69) is 15.9 Å². The second-order valence-electron chi connectivity index (χ2n) is 5.02. The number of esters is 2. The molecule has 0 atom stereocenters. The van der Waals surface area contributed by atoms with Gasteiger partial charge in [0.2, 0.25) is 9.84 Å². The van der Waals surface area contributed by atoms with E-state index in [1.54, 1.807) is 30.3 Å². The number of benzene rings is 2. The van der Waals surface area contributed by atoms with E-state index in [-0.39, 0.29) is 18.1 Å². The third-order valence-corrected chi connectivity index (χ3v) is 6.12. The number of fused-ring (bicyclic) bond motifs is 1. The first kappa shape index (κ1) is 19.4. The van der Waals surface area contributed by atoms with Crippen LogP contribution in [0.5, 0.6) is 0 Å². The Morgan fingerprint density at radius 2 is 1.48 bits per heavy atom. The predicted octanol–water partition coefficient (Wildman–Crippen LogP) is 2.87. The molecule has 0 aliphatic carbocycles. The topological polar surface area (TPSA) is 86.7 Å². The molecule has 0 heterocycles. The van der Waals surface area contributed by atoms with Crippen molar-refractivity contribution in [3.8, 4) is 0 Å². The maximum Gasteiger partial charge on any atom is 0.336 e. The van der Waals surface area contributed by atoms with E-state index in [9.17, 15) is 18.0 Å². The highest BCUT2D eigenvalue weighted by Crippen LogP contribution is 2.31. The lowest BCUT2D eigenvalue weighted by atomic mass is 10.1. The minimum atomic E-state index is -4.36. The van der Waals surface area contributed by atoms with E-state index in [1.807, 2.05) is 0 Å². The first-order valence-corrected chi connectivity index (χ1v) is 9.92. The Morgan fingerprint density at radius 3 is 2.00 bits per heavy atom. The van der Waals surface area contributed by atoms with Gasteiger partial charge in [-0.2, -0.15) is 0 Å². The molecule has 0 amide bonds. The van der Waals surface area contributed by atoms with Gasteiger partial charge in [0.15, 0.2) is 0 Å². The number of carbonyl (C=O) groups is 2. The molecule has 0 saturated carbocycles. The van der Waals surface area contributed by atoms with Crippen molar-refractivity contribution in [2.75, 3.05) is 13.2 Å². The Labute approximate surface area is 154 Å². The van der Waals surface area contributed by atoms with Crippen LogP contribution in [0.15, 0.2) is 45.8 Å². The summed E-state index contributed by atoms with van der Waals surface area (Å²) in [5, 5.41) is -1.01. The van der Waals surface area contributed by atoms with Crippen molar-refractivity contribution in [2.24, 2.45) is 0 Å². The van der Waals surface area contributed by atoms with Crippen molar-refractivity contribution in [3.63, 3.8) is 0 Å². The van der Waals surface area contributed by atoms with Crippen LogP contribution in [0.3, 0.4) is 0 Å². The maximum atomic E-state index is 13.1. The lowest BCUT2D eigenvalue weighted by Gasteiger charge is -2.16. The van der Waals surface area contributed by atoms with Gasteiger partial charge in [0.25, 0.3) is 5.25 Å². The second-order valence-corrected chi connectivity index (χ2v) is 7.88. The molecule has 0 aromatic heterocycles. The summed E-state index contributed by atoms with van der Waals surface area (Å²) in [6.07, 6.45) is 0. The van der Waals surface area contributed by atoms with Crippen LogP contribution in [-0.2, 0) is 28.9 Å². The smallest absolute Gasteiger partial charge is 0.336 e. The second kappa shape index (κ2) is 7.97. The molecule has 2 rings (SSSR count). The molecule has 0 aliphatic heterocycles. The molecule has 0 bridgehead atoms. The number of hydrogen-bond donors (Lipinski definition) is 0. The van der Waals surface area contributed by atoms with Gasteiger partial charge in [0.05, 0.1) is 18.1 Å². The largest absolute Gasteiger partial charge is 0.465 e. The van der Waals surface area contributed by atoms with Gasteiger partial charge in [-0.1, -0.05) is 40.2 Å². The lowest BCUT2D eigenvalue weighted by molar-refractivity contribution is -0.153. The summed E-state index contributed by atoms with van der Waals surface area (Å²) in [6.45, 7) is 2.96. The number of carbonyl (C=O) groups excluding carboxylic acids is 2. The summed E-state index contributed by atoms with van der Waals surface area (Å²) in [6, 6.07) is 9.70. The van der Waals surface area contributed by atoms with Crippen LogP contribution in [-0.4, -0.2) is 38.8 Å². The Hall–Kier alpha value is -1.93. The molecule has 0 aliphatic rings. The highest BCUT2D eigenvalue weighted by molar-refractivity contribution is 9.10. The fourth-order valence-electron chi connectivity index (χ4n) is 2.40. The van der Waals surface area contributed by atoms with E-state index < -0.39 is 27.0 Å². The fourth-order valence-corrected chi connectivity index (χ4v) is 4.51. The molecule has 6 nitrogen and oxygen atoms in total. The van der Waals surface area contributed by atoms with Crippen LogP contribution in [0.1, 0.15) is 13.8 Å². The first-order valence-electron chi connectivity index (χ1n) is 7.59. The van der Waals surface area contributed by atoms with Gasteiger partial charge in [-0.15, -0.1) is 0 Å². The average molecular weight is 429 g/mol. The summed E-state index contributed by atoms with van der Waals surface area (Å²) >= 11 is 3.36. The van der Waals surface area contributed by atoms with Crippen LogP contribution in [0, 0.1) is 0 Å². The van der Waals surface area contributed by atoms with Gasteiger partial charge >= 0.3 is 11.9 Å². The first-order chi connectivity index (χ1) is 11.8. The van der Waals surface area contributed by atoms with Crippen molar-refractivity contribution in [2.45, 2.75) is 24.0 Å². The Morgan fingerprint density at radius 1 is 0.960 bits per heavy atom. The van der Waals surface area contributed by atoms with E-state index >= 15 is 0 Å². The summed E-state index contributed by atoms with van der Waals surface area (Å²) in [4.78, 5) is 24.2. The molecule has 134 valence electrons. The normalized spacial score (nSPS) is 11.5. The van der Waals surface area contributed by atoms with Gasteiger partial charge in [-0.3, -0.25) is 0 Å². The summed E-state index contributed by atoms with van der Waals surface area (Å²) in [7, 11) is -4.36. The SMILES string of the molecule is CCOC(=O)C(C(=O)OCC)S(=O)(=O)c1ccc(Br)c2ccccc12. The number of hydrogen-bond acceptors (Lipinski definition) is 6. The Bertz CT molecular complexity index is 888. The minimum absolute atomic E-state index is 0.0503. The van der Waals surface area contributed by atoms with Gasteiger partial charge in [0, 0.05) is 9.86 Å². The van der Waals surface area contributed by atoms with E-state index in [1.165, 1.54) is 19.9 Å². The van der Waals surface area contributed by atoms with Gasteiger partial charge < -0.3 is 9.47 Å². The molecule has 0 radical (unpaired) electrons. The molecule has 0 unspecified atom stereocenters. The van der Waals surface area contributed by atoms with Crippen LogP contribution < -0.4 is 0 Å².